The Morgan fingerprint density at radius 3 is 2.64 bits per heavy atom. The van der Waals surface area contributed by atoms with Gasteiger partial charge >= 0.3 is 0 Å². The molecule has 11 heavy (non-hydrogen) atoms. The van der Waals surface area contributed by atoms with Gasteiger partial charge in [0.2, 0.25) is 5.69 Å². The highest BCUT2D eigenvalue weighted by molar-refractivity contribution is 7.47. The summed E-state index contributed by atoms with van der Waals surface area (Å²) in [5.74, 6) is 0. The molecule has 0 radical (unpaired) electrons. The lowest BCUT2D eigenvalue weighted by Crippen LogP contribution is -2.09. The van der Waals surface area contributed by atoms with Crippen LogP contribution in [0.4, 0.5) is 11.4 Å². The number of nitrogens with one attached hydrogen (secondary N) is 1. The summed E-state index contributed by atoms with van der Waals surface area (Å²) >= 11 is 4.58. The first-order chi connectivity index (χ1) is 5.16. The van der Waals surface area contributed by atoms with Crippen LogP contribution in [0, 0.1) is 13.8 Å². The molecular formula is C7H10N3S+. The molecule has 0 aliphatic heterocycles. The van der Waals surface area contributed by atoms with Gasteiger partial charge in [-0.3, -0.25) is 0 Å². The molecule has 0 amide bonds. The lowest BCUT2D eigenvalue weighted by Gasteiger charge is -1.99. The van der Waals surface area contributed by atoms with Gasteiger partial charge in [-0.25, -0.2) is 4.98 Å². The van der Waals surface area contributed by atoms with Crippen molar-refractivity contribution < 1.29 is 4.98 Å². The van der Waals surface area contributed by atoms with Crippen LogP contribution in [-0.4, -0.2) is 0 Å². The lowest BCUT2D eigenvalue weighted by atomic mass is 10.2. The summed E-state index contributed by atoms with van der Waals surface area (Å²) in [6.07, 6.45) is 1.84. The van der Waals surface area contributed by atoms with Gasteiger partial charge in [0, 0.05) is 24.9 Å². The number of anilines is 1. The van der Waals surface area contributed by atoms with E-state index in [1.54, 1.807) is 0 Å². The number of aromatic nitrogens is 1. The minimum atomic E-state index is 0.663. The quantitative estimate of drug-likeness (QED) is 0.681. The zero-order valence-corrected chi connectivity index (χ0v) is 7.33. The van der Waals surface area contributed by atoms with Crippen molar-refractivity contribution in [2.24, 2.45) is 4.36 Å². The normalized spacial score (nSPS) is 9.64. The smallest absolute Gasteiger partial charge is 0.205 e. The minimum Gasteiger partial charge on any atom is -0.396 e. The lowest BCUT2D eigenvalue weighted by molar-refractivity contribution is -0.386. The SMILES string of the molecule is Cc1c[nH+]c(C)c(N=S)c1N. The van der Waals surface area contributed by atoms with Crippen LogP contribution in [0.3, 0.4) is 0 Å². The zero-order chi connectivity index (χ0) is 8.43. The second kappa shape index (κ2) is 2.92. The van der Waals surface area contributed by atoms with Crippen LogP contribution in [0.25, 0.3) is 0 Å². The third-order valence-corrected chi connectivity index (χ3v) is 1.81. The minimum absolute atomic E-state index is 0.663. The Hall–Kier alpha value is -1.03. The van der Waals surface area contributed by atoms with Gasteiger partial charge < -0.3 is 5.73 Å². The predicted octanol–water partition coefficient (Wildman–Crippen LogP) is 1.06. The first kappa shape index (κ1) is 8.07. The Morgan fingerprint density at radius 1 is 1.55 bits per heavy atom. The average Bonchev–Trinajstić information content (AvgIpc) is 1.99. The largest absolute Gasteiger partial charge is 0.396 e. The van der Waals surface area contributed by atoms with Crippen molar-refractivity contribution in [1.29, 1.82) is 0 Å². The zero-order valence-electron chi connectivity index (χ0n) is 6.51. The predicted molar refractivity (Wildman–Crippen MR) is 46.3 cm³/mol. The summed E-state index contributed by atoms with van der Waals surface area (Å²) < 4.78 is 3.66. The van der Waals surface area contributed by atoms with Crippen molar-refractivity contribution in [1.82, 2.24) is 0 Å². The van der Waals surface area contributed by atoms with E-state index in [1.807, 2.05) is 20.0 Å². The number of nitrogen functional groups attached to an aromatic ring is 1. The van der Waals surface area contributed by atoms with E-state index in [0.29, 0.717) is 11.4 Å². The van der Waals surface area contributed by atoms with Crippen molar-refractivity contribution >= 4 is 23.8 Å². The van der Waals surface area contributed by atoms with Crippen LogP contribution in [-0.2, 0) is 12.4 Å². The highest BCUT2D eigenvalue weighted by Crippen LogP contribution is 2.24. The fourth-order valence-electron chi connectivity index (χ4n) is 0.869. The molecule has 0 unspecified atom stereocenters. The van der Waals surface area contributed by atoms with Gasteiger partial charge in [0.1, 0.15) is 0 Å². The standard InChI is InChI=1S/C7H9N3S/c1-4-3-9-5(2)7(10-11)6(4)8/h3H,1-2H3,(H2,8,9)/p+1. The van der Waals surface area contributed by atoms with Crippen LogP contribution >= 0.6 is 0 Å². The van der Waals surface area contributed by atoms with Crippen molar-refractivity contribution in [3.05, 3.63) is 17.5 Å². The molecular weight excluding hydrogens is 158 g/mol. The molecule has 0 spiro atoms. The average molecular weight is 168 g/mol. The summed E-state index contributed by atoms with van der Waals surface area (Å²) in [7, 11) is 0. The second-order valence-electron chi connectivity index (χ2n) is 2.45. The molecule has 1 rings (SSSR count). The topological polar surface area (TPSA) is 52.5 Å². The number of nitrogens with two attached hydrogens (primary N) is 1. The summed E-state index contributed by atoms with van der Waals surface area (Å²) in [5, 5.41) is 0. The highest BCUT2D eigenvalue weighted by atomic mass is 32.1. The van der Waals surface area contributed by atoms with E-state index < -0.39 is 0 Å². The number of hydrogen-bond donors (Lipinski definition) is 1. The molecule has 1 heterocycles. The summed E-state index contributed by atoms with van der Waals surface area (Å²) in [4.78, 5) is 3.02. The fourth-order valence-corrected chi connectivity index (χ4v) is 1.10. The van der Waals surface area contributed by atoms with E-state index in [1.165, 1.54) is 0 Å². The molecule has 0 aliphatic rings. The van der Waals surface area contributed by atoms with E-state index in [2.05, 4.69) is 21.8 Å². The summed E-state index contributed by atoms with van der Waals surface area (Å²) in [6, 6.07) is 0. The third-order valence-electron chi connectivity index (χ3n) is 1.63. The number of aromatic amines is 1. The number of pyridine rings is 1. The Kier molecular flexibility index (Phi) is 2.14. The number of H-pyrrole nitrogens is 1. The number of aryl methyl sites for hydroxylation is 2. The van der Waals surface area contributed by atoms with Gasteiger partial charge in [-0.2, -0.15) is 4.36 Å². The van der Waals surface area contributed by atoms with Gasteiger partial charge in [0.15, 0.2) is 11.9 Å². The maximum absolute atomic E-state index is 5.71. The van der Waals surface area contributed by atoms with Crippen molar-refractivity contribution in [3.63, 3.8) is 0 Å². The van der Waals surface area contributed by atoms with Crippen LogP contribution in [0.2, 0.25) is 0 Å². The molecule has 58 valence electrons. The molecule has 0 atom stereocenters. The fraction of sp³-hybridized carbons (Fsp3) is 0.286. The van der Waals surface area contributed by atoms with E-state index in [-0.39, 0.29) is 0 Å². The molecule has 4 heteroatoms. The van der Waals surface area contributed by atoms with Gasteiger partial charge in [-0.15, -0.1) is 0 Å². The van der Waals surface area contributed by atoms with E-state index in [0.717, 1.165) is 11.3 Å². The molecule has 0 aromatic carbocycles. The van der Waals surface area contributed by atoms with E-state index in [4.69, 9.17) is 5.73 Å². The Morgan fingerprint density at radius 2 is 2.18 bits per heavy atom. The maximum atomic E-state index is 5.71. The van der Waals surface area contributed by atoms with Crippen LogP contribution in [0.15, 0.2) is 10.6 Å². The van der Waals surface area contributed by atoms with Gasteiger partial charge in [0.05, 0.1) is 5.69 Å². The molecule has 0 saturated carbocycles. The third kappa shape index (κ3) is 1.35. The number of rotatable bonds is 1. The molecule has 0 bridgehead atoms. The molecule has 0 fully saturated rings. The molecule has 1 aromatic rings. The molecule has 3 nitrogen and oxygen atoms in total. The molecule has 0 saturated heterocycles. The number of hydrogen-bond acceptors (Lipinski definition) is 3. The highest BCUT2D eigenvalue weighted by Gasteiger charge is 2.09. The molecule has 1 aromatic heterocycles. The Bertz CT molecular complexity index is 296. The van der Waals surface area contributed by atoms with Crippen molar-refractivity contribution in [2.75, 3.05) is 5.73 Å². The molecule has 0 aliphatic carbocycles. The van der Waals surface area contributed by atoms with E-state index in [9.17, 15) is 0 Å². The van der Waals surface area contributed by atoms with Gasteiger partial charge in [0.25, 0.3) is 0 Å². The van der Waals surface area contributed by atoms with Crippen molar-refractivity contribution in [3.8, 4) is 0 Å². The first-order valence-corrected chi connectivity index (χ1v) is 3.64. The van der Waals surface area contributed by atoms with Crippen LogP contribution in [0.5, 0.6) is 0 Å². The van der Waals surface area contributed by atoms with Gasteiger partial charge in [-0.1, -0.05) is 0 Å². The summed E-state index contributed by atoms with van der Waals surface area (Å²) in [5.41, 5.74) is 8.93. The summed E-state index contributed by atoms with van der Waals surface area (Å²) in [6.45, 7) is 3.80. The Labute approximate surface area is 70.8 Å². The van der Waals surface area contributed by atoms with Gasteiger partial charge in [-0.05, 0) is 6.92 Å². The molecule has 3 N–H and O–H groups in total. The second-order valence-corrected chi connectivity index (χ2v) is 2.63. The van der Waals surface area contributed by atoms with Crippen molar-refractivity contribution in [2.45, 2.75) is 13.8 Å². The van der Waals surface area contributed by atoms with Crippen LogP contribution in [0.1, 0.15) is 11.3 Å². The number of nitrogens with zero attached hydrogens (tertiary/aromatic N) is 1. The first-order valence-electron chi connectivity index (χ1n) is 3.27. The van der Waals surface area contributed by atoms with Crippen LogP contribution < -0.4 is 10.7 Å². The monoisotopic (exact) mass is 168 g/mol. The maximum Gasteiger partial charge on any atom is 0.205 e. The van der Waals surface area contributed by atoms with E-state index >= 15 is 0 Å². The Balaban J connectivity index is 3.40.